The third-order valence-corrected chi connectivity index (χ3v) is 5.17. The molecule has 130 valence electrons. The molecule has 2 amide bonds. The average Bonchev–Trinajstić information content (AvgIpc) is 3.27. The number of rotatable bonds is 4. The van der Waals surface area contributed by atoms with Crippen molar-refractivity contribution in [1.82, 2.24) is 4.90 Å². The fraction of sp³-hybridized carbons (Fsp3) is 0.294. The van der Waals surface area contributed by atoms with E-state index in [2.05, 4.69) is 5.32 Å². The summed E-state index contributed by atoms with van der Waals surface area (Å²) < 4.78 is 0. The summed E-state index contributed by atoms with van der Waals surface area (Å²) in [6.07, 6.45) is 1.33. The van der Waals surface area contributed by atoms with Crippen LogP contribution in [-0.4, -0.2) is 34.2 Å². The lowest BCUT2D eigenvalue weighted by Crippen LogP contribution is -2.43. The molecule has 3 rings (SSSR count). The van der Waals surface area contributed by atoms with Crippen LogP contribution in [0.15, 0.2) is 35.7 Å². The van der Waals surface area contributed by atoms with Gasteiger partial charge in [0.15, 0.2) is 0 Å². The number of nitrogens with zero attached hydrogens (tertiary/aromatic N) is 2. The fourth-order valence-electron chi connectivity index (χ4n) is 3.00. The molecule has 1 aromatic carbocycles. The van der Waals surface area contributed by atoms with Crippen molar-refractivity contribution < 1.29 is 14.5 Å². The molecule has 2 aromatic rings. The van der Waals surface area contributed by atoms with Crippen LogP contribution in [0.1, 0.15) is 28.1 Å². The number of hydrogen-bond donors (Lipinski definition) is 1. The molecule has 1 aliphatic heterocycles. The molecule has 1 aliphatic rings. The molecule has 0 bridgehead atoms. The average molecular weight is 359 g/mol. The normalized spacial score (nSPS) is 16.7. The van der Waals surface area contributed by atoms with E-state index >= 15 is 0 Å². The molecular weight excluding hydrogens is 342 g/mol. The Hall–Kier alpha value is -2.74. The van der Waals surface area contributed by atoms with Gasteiger partial charge in [0, 0.05) is 12.6 Å². The van der Waals surface area contributed by atoms with Gasteiger partial charge in [-0.15, -0.1) is 11.3 Å². The fourth-order valence-corrected chi connectivity index (χ4v) is 3.68. The van der Waals surface area contributed by atoms with Crippen LogP contribution in [-0.2, 0) is 4.79 Å². The number of anilines is 1. The zero-order chi connectivity index (χ0) is 18.0. The number of carbonyl (C=O) groups excluding carboxylic acids is 2. The molecule has 1 aromatic heterocycles. The Morgan fingerprint density at radius 2 is 2.12 bits per heavy atom. The molecule has 1 saturated heterocycles. The maximum Gasteiger partial charge on any atom is 0.274 e. The molecule has 0 unspecified atom stereocenters. The number of nitro groups is 1. The van der Waals surface area contributed by atoms with Crippen molar-refractivity contribution in [3.8, 4) is 0 Å². The van der Waals surface area contributed by atoms with E-state index in [1.807, 2.05) is 5.38 Å². The van der Waals surface area contributed by atoms with E-state index < -0.39 is 11.0 Å². The maximum atomic E-state index is 12.7. The van der Waals surface area contributed by atoms with Crippen LogP contribution in [0.4, 0.5) is 11.4 Å². The Labute approximate surface area is 148 Å². The van der Waals surface area contributed by atoms with Crippen molar-refractivity contribution >= 4 is 34.5 Å². The van der Waals surface area contributed by atoms with Gasteiger partial charge in [-0.25, -0.2) is 0 Å². The summed E-state index contributed by atoms with van der Waals surface area (Å²) in [5.41, 5.74) is 0.750. The third kappa shape index (κ3) is 3.39. The van der Waals surface area contributed by atoms with Crippen LogP contribution in [0, 0.1) is 17.0 Å². The second-order valence-electron chi connectivity index (χ2n) is 5.83. The van der Waals surface area contributed by atoms with Gasteiger partial charge in [-0.3, -0.25) is 19.7 Å². The standard InChI is InChI=1S/C17H17N3O4S/c1-11-12(5-2-6-13(11)20(23)24)18-16(21)14-7-3-9-19(14)17(22)15-8-4-10-25-15/h2,4-6,8,10,14H,3,7,9H2,1H3,(H,18,21)/t14-/m0/s1. The van der Waals surface area contributed by atoms with Crippen LogP contribution >= 0.6 is 11.3 Å². The number of amides is 2. The van der Waals surface area contributed by atoms with Gasteiger partial charge >= 0.3 is 0 Å². The highest BCUT2D eigenvalue weighted by Crippen LogP contribution is 2.27. The van der Waals surface area contributed by atoms with Crippen LogP contribution < -0.4 is 5.32 Å². The van der Waals surface area contributed by atoms with Gasteiger partial charge < -0.3 is 10.2 Å². The van der Waals surface area contributed by atoms with E-state index in [1.54, 1.807) is 30.0 Å². The summed E-state index contributed by atoms with van der Waals surface area (Å²) >= 11 is 1.35. The molecule has 25 heavy (non-hydrogen) atoms. The van der Waals surface area contributed by atoms with E-state index in [4.69, 9.17) is 0 Å². The first-order chi connectivity index (χ1) is 12.0. The number of nitrogens with one attached hydrogen (secondary N) is 1. The summed E-state index contributed by atoms with van der Waals surface area (Å²) in [6.45, 7) is 2.12. The monoisotopic (exact) mass is 359 g/mol. The Bertz CT molecular complexity index is 819. The van der Waals surface area contributed by atoms with E-state index in [0.717, 1.165) is 6.42 Å². The Balaban J connectivity index is 1.78. The van der Waals surface area contributed by atoms with Gasteiger partial charge in [0.2, 0.25) is 5.91 Å². The van der Waals surface area contributed by atoms with Crippen LogP contribution in [0.5, 0.6) is 0 Å². The molecule has 0 radical (unpaired) electrons. The SMILES string of the molecule is Cc1c(NC(=O)[C@@H]2CCCN2C(=O)c2cccs2)cccc1[N+](=O)[O-]. The lowest BCUT2D eigenvalue weighted by atomic mass is 10.1. The number of likely N-dealkylation sites (tertiary alicyclic amines) is 1. The molecule has 2 heterocycles. The summed E-state index contributed by atoms with van der Waals surface area (Å²) in [6, 6.07) is 7.53. The number of nitro benzene ring substituents is 1. The molecule has 1 N–H and O–H groups in total. The van der Waals surface area contributed by atoms with Crippen molar-refractivity contribution in [2.75, 3.05) is 11.9 Å². The van der Waals surface area contributed by atoms with Crippen molar-refractivity contribution in [2.24, 2.45) is 0 Å². The lowest BCUT2D eigenvalue weighted by molar-refractivity contribution is -0.385. The zero-order valence-corrected chi connectivity index (χ0v) is 14.4. The number of benzene rings is 1. The molecule has 7 nitrogen and oxygen atoms in total. The van der Waals surface area contributed by atoms with Crippen molar-refractivity contribution in [3.05, 3.63) is 56.3 Å². The second kappa shape index (κ2) is 7.02. The molecule has 0 saturated carbocycles. The summed E-state index contributed by atoms with van der Waals surface area (Å²) in [5.74, 6) is -0.464. The largest absolute Gasteiger partial charge is 0.326 e. The molecule has 8 heteroatoms. The van der Waals surface area contributed by atoms with Crippen molar-refractivity contribution in [2.45, 2.75) is 25.8 Å². The van der Waals surface area contributed by atoms with Crippen LogP contribution in [0.3, 0.4) is 0 Å². The molecular formula is C17H17N3O4S. The first-order valence-electron chi connectivity index (χ1n) is 7.88. The summed E-state index contributed by atoms with van der Waals surface area (Å²) in [5, 5.41) is 15.6. The van der Waals surface area contributed by atoms with E-state index in [9.17, 15) is 19.7 Å². The van der Waals surface area contributed by atoms with E-state index in [1.165, 1.54) is 23.5 Å². The van der Waals surface area contributed by atoms with Gasteiger partial charge in [-0.05, 0) is 37.3 Å². The van der Waals surface area contributed by atoms with Crippen LogP contribution in [0.2, 0.25) is 0 Å². The topological polar surface area (TPSA) is 92.6 Å². The Morgan fingerprint density at radius 3 is 2.80 bits per heavy atom. The number of thiophene rings is 1. The highest BCUT2D eigenvalue weighted by Gasteiger charge is 2.35. The summed E-state index contributed by atoms with van der Waals surface area (Å²) in [7, 11) is 0. The minimum absolute atomic E-state index is 0.0456. The van der Waals surface area contributed by atoms with Gasteiger partial charge in [0.1, 0.15) is 6.04 Å². The van der Waals surface area contributed by atoms with Gasteiger partial charge in [0.25, 0.3) is 11.6 Å². The Kier molecular flexibility index (Phi) is 4.80. The molecule has 0 aliphatic carbocycles. The summed E-state index contributed by atoms with van der Waals surface area (Å²) in [4.78, 5) is 37.9. The lowest BCUT2D eigenvalue weighted by Gasteiger charge is -2.23. The predicted molar refractivity (Wildman–Crippen MR) is 94.8 cm³/mol. The molecule has 1 fully saturated rings. The third-order valence-electron chi connectivity index (χ3n) is 4.31. The molecule has 1 atom stereocenters. The van der Waals surface area contributed by atoms with Gasteiger partial charge in [0.05, 0.1) is 21.1 Å². The first kappa shape index (κ1) is 17.1. The first-order valence-corrected chi connectivity index (χ1v) is 8.76. The highest BCUT2D eigenvalue weighted by atomic mass is 32.1. The van der Waals surface area contributed by atoms with E-state index in [0.29, 0.717) is 29.1 Å². The minimum atomic E-state index is -0.562. The predicted octanol–water partition coefficient (Wildman–Crippen LogP) is 3.21. The molecule has 0 spiro atoms. The van der Waals surface area contributed by atoms with E-state index in [-0.39, 0.29) is 17.5 Å². The van der Waals surface area contributed by atoms with Gasteiger partial charge in [-0.1, -0.05) is 12.1 Å². The second-order valence-corrected chi connectivity index (χ2v) is 6.78. The maximum absolute atomic E-state index is 12.7. The van der Waals surface area contributed by atoms with Gasteiger partial charge in [-0.2, -0.15) is 0 Å². The highest BCUT2D eigenvalue weighted by molar-refractivity contribution is 7.12. The Morgan fingerprint density at radius 1 is 1.32 bits per heavy atom. The minimum Gasteiger partial charge on any atom is -0.326 e. The zero-order valence-electron chi connectivity index (χ0n) is 13.6. The quantitative estimate of drug-likeness (QED) is 0.670. The van der Waals surface area contributed by atoms with Crippen molar-refractivity contribution in [3.63, 3.8) is 0 Å². The number of carbonyl (C=O) groups is 2. The van der Waals surface area contributed by atoms with Crippen LogP contribution in [0.25, 0.3) is 0 Å². The number of hydrogen-bond acceptors (Lipinski definition) is 5. The van der Waals surface area contributed by atoms with Crippen molar-refractivity contribution in [1.29, 1.82) is 0 Å². The smallest absolute Gasteiger partial charge is 0.274 e.